The molecule has 2 aromatic rings. The molecule has 66 valence electrons. The van der Waals surface area contributed by atoms with E-state index in [4.69, 9.17) is 10.5 Å². The highest BCUT2D eigenvalue weighted by molar-refractivity contribution is 7.82. The van der Waals surface area contributed by atoms with Crippen LogP contribution in [0.3, 0.4) is 0 Å². The quantitative estimate of drug-likeness (QED) is 0.689. The fraction of sp³-hybridized carbons (Fsp3) is 0. The molecule has 1 aromatic carbocycles. The third-order valence-electron chi connectivity index (χ3n) is 1.76. The van der Waals surface area contributed by atoms with E-state index >= 15 is 0 Å². The highest BCUT2D eigenvalue weighted by Gasteiger charge is 2.07. The van der Waals surface area contributed by atoms with Crippen LogP contribution >= 0.6 is 24.0 Å². The molecule has 0 bridgehead atoms. The molecule has 0 fully saturated rings. The molecular formula is C9H3N3S2. The van der Waals surface area contributed by atoms with Gasteiger partial charge in [-0.15, -0.1) is 24.0 Å². The van der Waals surface area contributed by atoms with Crippen molar-refractivity contribution in [2.45, 2.75) is 4.34 Å². The predicted molar refractivity (Wildman–Crippen MR) is 56.3 cm³/mol. The Balaban J connectivity index is 2.84. The van der Waals surface area contributed by atoms with Crippen LogP contribution in [0.1, 0.15) is 11.1 Å². The Labute approximate surface area is 89.6 Å². The van der Waals surface area contributed by atoms with Crippen LogP contribution in [-0.2, 0) is 0 Å². The summed E-state index contributed by atoms with van der Waals surface area (Å²) in [7, 11) is 0. The lowest BCUT2D eigenvalue weighted by atomic mass is 10.1. The molecule has 0 N–H and O–H groups in total. The van der Waals surface area contributed by atoms with Gasteiger partial charge in [0.1, 0.15) is 16.5 Å². The summed E-state index contributed by atoms with van der Waals surface area (Å²) in [6.07, 6.45) is 0. The lowest BCUT2D eigenvalue weighted by Gasteiger charge is -1.92. The van der Waals surface area contributed by atoms with Crippen LogP contribution in [0.15, 0.2) is 16.5 Å². The van der Waals surface area contributed by atoms with Crippen molar-refractivity contribution in [3.8, 4) is 12.1 Å². The molecule has 0 saturated carbocycles. The van der Waals surface area contributed by atoms with Crippen LogP contribution in [0.25, 0.3) is 10.2 Å². The molecule has 1 heterocycles. The summed E-state index contributed by atoms with van der Waals surface area (Å²) in [6.45, 7) is 0. The number of hydrogen-bond acceptors (Lipinski definition) is 5. The first kappa shape index (κ1) is 9.01. The Hall–Kier alpha value is -1.56. The summed E-state index contributed by atoms with van der Waals surface area (Å²) in [5.41, 5.74) is 1.46. The van der Waals surface area contributed by atoms with Gasteiger partial charge in [-0.1, -0.05) is 0 Å². The molecule has 0 spiro atoms. The highest BCUT2D eigenvalue weighted by atomic mass is 32.2. The smallest absolute Gasteiger partial charge is 0.148 e. The summed E-state index contributed by atoms with van der Waals surface area (Å²) in [5, 5.41) is 17.6. The molecule has 0 amide bonds. The normalized spacial score (nSPS) is 9.64. The van der Waals surface area contributed by atoms with Crippen molar-refractivity contribution in [1.82, 2.24) is 4.98 Å². The Morgan fingerprint density at radius 2 is 1.86 bits per heavy atom. The van der Waals surface area contributed by atoms with E-state index < -0.39 is 0 Å². The van der Waals surface area contributed by atoms with E-state index in [1.54, 1.807) is 12.1 Å². The van der Waals surface area contributed by atoms with Gasteiger partial charge in [-0.05, 0) is 12.1 Å². The molecule has 0 saturated heterocycles. The summed E-state index contributed by atoms with van der Waals surface area (Å²) in [6, 6.07) is 7.23. The van der Waals surface area contributed by atoms with Crippen molar-refractivity contribution in [3.63, 3.8) is 0 Å². The van der Waals surface area contributed by atoms with Crippen molar-refractivity contribution in [2.75, 3.05) is 0 Å². The van der Waals surface area contributed by atoms with Gasteiger partial charge in [0.25, 0.3) is 0 Å². The molecule has 5 heteroatoms. The number of thiol groups is 1. The fourth-order valence-corrected chi connectivity index (χ4v) is 2.28. The zero-order valence-electron chi connectivity index (χ0n) is 6.85. The van der Waals surface area contributed by atoms with Gasteiger partial charge in [0, 0.05) is 0 Å². The first-order chi connectivity index (χ1) is 6.74. The number of nitrogens with zero attached hydrogens (tertiary/aromatic N) is 3. The first-order valence-corrected chi connectivity index (χ1v) is 4.94. The van der Waals surface area contributed by atoms with Gasteiger partial charge in [-0.2, -0.15) is 10.5 Å². The molecule has 1 aromatic heterocycles. The third-order valence-corrected chi connectivity index (χ3v) is 2.95. The molecule has 0 aliphatic heterocycles. The van der Waals surface area contributed by atoms with Crippen molar-refractivity contribution in [2.24, 2.45) is 0 Å². The van der Waals surface area contributed by atoms with Gasteiger partial charge in [0.15, 0.2) is 0 Å². The molecular weight excluding hydrogens is 214 g/mol. The largest absolute Gasteiger partial charge is 0.230 e. The van der Waals surface area contributed by atoms with Gasteiger partial charge >= 0.3 is 0 Å². The standard InChI is InChI=1S/C9H3N3S2/c10-3-5-1-7-8(2-6(5)4-11)14-9(13)12-7/h1-2H,(H,12,13). The third kappa shape index (κ3) is 1.33. The Morgan fingerprint density at radius 3 is 2.50 bits per heavy atom. The maximum Gasteiger partial charge on any atom is 0.148 e. The van der Waals surface area contributed by atoms with E-state index in [0.717, 1.165) is 10.2 Å². The van der Waals surface area contributed by atoms with E-state index in [2.05, 4.69) is 17.6 Å². The second-order valence-corrected chi connectivity index (χ2v) is 4.34. The minimum atomic E-state index is 0.360. The monoisotopic (exact) mass is 217 g/mol. The van der Waals surface area contributed by atoms with Crippen LogP contribution in [-0.4, -0.2) is 4.98 Å². The average Bonchev–Trinajstić information content (AvgIpc) is 2.54. The van der Waals surface area contributed by atoms with Crippen molar-refractivity contribution in [3.05, 3.63) is 23.3 Å². The fourth-order valence-electron chi connectivity index (χ4n) is 1.15. The van der Waals surface area contributed by atoms with Crippen LogP contribution in [0.5, 0.6) is 0 Å². The molecule has 0 unspecified atom stereocenters. The number of benzene rings is 1. The number of aromatic nitrogens is 1. The Bertz CT molecular complexity index is 535. The number of nitriles is 2. The van der Waals surface area contributed by atoms with Gasteiger partial charge in [0.2, 0.25) is 0 Å². The van der Waals surface area contributed by atoms with Crippen molar-refractivity contribution >= 4 is 34.2 Å². The van der Waals surface area contributed by atoms with Crippen molar-refractivity contribution < 1.29 is 0 Å². The lowest BCUT2D eigenvalue weighted by molar-refractivity contribution is 1.31. The number of rotatable bonds is 0. The van der Waals surface area contributed by atoms with Gasteiger partial charge < -0.3 is 0 Å². The second-order valence-electron chi connectivity index (χ2n) is 2.59. The van der Waals surface area contributed by atoms with Gasteiger partial charge in [-0.25, -0.2) is 4.98 Å². The Kier molecular flexibility index (Phi) is 2.12. The number of fused-ring (bicyclic) bond motifs is 1. The summed E-state index contributed by atoms with van der Waals surface area (Å²) in [5.74, 6) is 0. The number of thiazole rings is 1. The maximum atomic E-state index is 8.78. The Morgan fingerprint density at radius 1 is 1.21 bits per heavy atom. The maximum absolute atomic E-state index is 8.78. The highest BCUT2D eigenvalue weighted by Crippen LogP contribution is 2.26. The topological polar surface area (TPSA) is 60.5 Å². The van der Waals surface area contributed by atoms with E-state index in [1.807, 2.05) is 12.1 Å². The average molecular weight is 217 g/mol. The molecule has 0 atom stereocenters. The number of hydrogen-bond donors (Lipinski definition) is 1. The van der Waals surface area contributed by atoms with Gasteiger partial charge in [0.05, 0.1) is 21.3 Å². The van der Waals surface area contributed by atoms with E-state index in [9.17, 15) is 0 Å². The predicted octanol–water partition coefficient (Wildman–Crippen LogP) is 2.33. The molecule has 2 rings (SSSR count). The lowest BCUT2D eigenvalue weighted by Crippen LogP contribution is -1.82. The van der Waals surface area contributed by atoms with E-state index in [-0.39, 0.29) is 0 Å². The van der Waals surface area contributed by atoms with Crippen LogP contribution in [0.2, 0.25) is 0 Å². The second kappa shape index (κ2) is 3.30. The summed E-state index contributed by atoms with van der Waals surface area (Å²) in [4.78, 5) is 4.12. The van der Waals surface area contributed by atoms with Gasteiger partial charge in [-0.3, -0.25) is 0 Å². The molecule has 0 radical (unpaired) electrons. The molecule has 0 aliphatic rings. The van der Waals surface area contributed by atoms with Crippen LogP contribution in [0, 0.1) is 22.7 Å². The first-order valence-electron chi connectivity index (χ1n) is 3.68. The summed E-state index contributed by atoms with van der Waals surface area (Å²) >= 11 is 5.50. The van der Waals surface area contributed by atoms with Crippen LogP contribution in [0.4, 0.5) is 0 Å². The molecule has 14 heavy (non-hydrogen) atoms. The van der Waals surface area contributed by atoms with Crippen LogP contribution < -0.4 is 0 Å². The minimum absolute atomic E-state index is 0.360. The molecule has 3 nitrogen and oxygen atoms in total. The van der Waals surface area contributed by atoms with Crippen molar-refractivity contribution in [1.29, 1.82) is 10.5 Å². The SMILES string of the molecule is N#Cc1cc2nc(S)sc2cc1C#N. The minimum Gasteiger partial charge on any atom is -0.230 e. The zero-order chi connectivity index (χ0) is 10.1. The molecule has 0 aliphatic carbocycles. The van der Waals surface area contributed by atoms with E-state index in [1.165, 1.54) is 11.3 Å². The zero-order valence-corrected chi connectivity index (χ0v) is 8.56. The summed E-state index contributed by atoms with van der Waals surface area (Å²) < 4.78 is 1.52. The van der Waals surface area contributed by atoms with E-state index in [0.29, 0.717) is 15.5 Å².